The van der Waals surface area contributed by atoms with E-state index in [9.17, 15) is 9.90 Å². The number of nitrogens with zero attached hydrogens (tertiary/aromatic N) is 3. The highest BCUT2D eigenvalue weighted by Crippen LogP contribution is 2.30. The minimum Gasteiger partial charge on any atom is -0.394 e. The summed E-state index contributed by atoms with van der Waals surface area (Å²) < 4.78 is 0. The fourth-order valence-electron chi connectivity index (χ4n) is 4.27. The van der Waals surface area contributed by atoms with Crippen LogP contribution in [0.5, 0.6) is 0 Å². The third-order valence-electron chi connectivity index (χ3n) is 5.90. The Kier molecular flexibility index (Phi) is 5.19. The third kappa shape index (κ3) is 3.81. The fourth-order valence-corrected chi connectivity index (χ4v) is 4.27. The Labute approximate surface area is 179 Å². The van der Waals surface area contributed by atoms with Gasteiger partial charge in [0.05, 0.1) is 29.3 Å². The second kappa shape index (κ2) is 8.14. The Bertz CT molecular complexity index is 1230. The zero-order valence-corrected chi connectivity index (χ0v) is 17.1. The van der Waals surface area contributed by atoms with Gasteiger partial charge in [-0.25, -0.2) is 4.98 Å². The SMILES string of the molecule is O=c1[nH]c2cccccc-2c1-c1nc2ccc(N3CCN(C[C@@H](O)CO)CC3)cc2[nH]1. The van der Waals surface area contributed by atoms with E-state index in [1.165, 1.54) is 0 Å². The molecule has 160 valence electrons. The molecule has 0 saturated carbocycles. The van der Waals surface area contributed by atoms with Gasteiger partial charge in [0.1, 0.15) is 5.82 Å². The number of rotatable bonds is 5. The summed E-state index contributed by atoms with van der Waals surface area (Å²) in [4.78, 5) is 28.0. The van der Waals surface area contributed by atoms with Crippen molar-refractivity contribution in [3.05, 3.63) is 58.9 Å². The van der Waals surface area contributed by atoms with E-state index in [1.807, 2.05) is 36.4 Å². The number of benzene rings is 1. The molecule has 3 heterocycles. The molecule has 1 atom stereocenters. The van der Waals surface area contributed by atoms with E-state index in [4.69, 9.17) is 5.11 Å². The minimum absolute atomic E-state index is 0.151. The molecular formula is C23H25N5O3. The van der Waals surface area contributed by atoms with Crippen molar-refractivity contribution < 1.29 is 10.2 Å². The van der Waals surface area contributed by atoms with Gasteiger partial charge in [-0.3, -0.25) is 9.69 Å². The maximum atomic E-state index is 12.6. The number of aliphatic hydroxyl groups is 2. The zero-order chi connectivity index (χ0) is 21.4. The van der Waals surface area contributed by atoms with Crippen molar-refractivity contribution in [3.8, 4) is 22.6 Å². The molecule has 0 radical (unpaired) electrons. The van der Waals surface area contributed by atoms with Crippen LogP contribution in [0.3, 0.4) is 0 Å². The standard InChI is InChI=1S/C23H25N5O3/c29-14-16(30)13-27-8-10-28(11-9-27)15-6-7-19-20(12-15)25-22(24-19)21-17-4-2-1-3-5-18(17)26-23(21)31/h1-7,12,16,29-30H,8-11,13-14H2,(H,24,25)(H,26,31)/t16-/m1/s1. The van der Waals surface area contributed by atoms with E-state index in [0.717, 1.165) is 54.2 Å². The van der Waals surface area contributed by atoms with Gasteiger partial charge >= 0.3 is 0 Å². The molecule has 1 aliphatic carbocycles. The Morgan fingerprint density at radius 2 is 1.84 bits per heavy atom. The first-order chi connectivity index (χ1) is 15.1. The van der Waals surface area contributed by atoms with Gasteiger partial charge < -0.3 is 25.1 Å². The third-order valence-corrected chi connectivity index (χ3v) is 5.90. The van der Waals surface area contributed by atoms with Crippen molar-refractivity contribution in [3.63, 3.8) is 0 Å². The molecule has 2 aromatic rings. The first kappa shape index (κ1) is 19.7. The summed E-state index contributed by atoms with van der Waals surface area (Å²) in [6.45, 7) is 3.62. The molecular weight excluding hydrogens is 394 g/mol. The van der Waals surface area contributed by atoms with Gasteiger partial charge in [-0.2, -0.15) is 0 Å². The maximum Gasteiger partial charge on any atom is 0.260 e. The van der Waals surface area contributed by atoms with Gasteiger partial charge in [0.2, 0.25) is 0 Å². The number of aromatic amines is 2. The van der Waals surface area contributed by atoms with E-state index in [1.54, 1.807) is 0 Å². The number of piperazine rings is 1. The first-order valence-electron chi connectivity index (χ1n) is 10.5. The monoisotopic (exact) mass is 419 g/mol. The predicted molar refractivity (Wildman–Crippen MR) is 121 cm³/mol. The second-order valence-corrected chi connectivity index (χ2v) is 7.98. The fraction of sp³-hybridized carbons (Fsp3) is 0.304. The van der Waals surface area contributed by atoms with Crippen LogP contribution >= 0.6 is 0 Å². The molecule has 1 aromatic heterocycles. The van der Waals surface area contributed by atoms with Crippen molar-refractivity contribution in [1.29, 1.82) is 0 Å². The highest BCUT2D eigenvalue weighted by atomic mass is 16.3. The average Bonchev–Trinajstić information content (AvgIpc) is 3.25. The van der Waals surface area contributed by atoms with Crippen molar-refractivity contribution in [2.24, 2.45) is 0 Å². The molecule has 3 aliphatic rings. The van der Waals surface area contributed by atoms with Crippen LogP contribution in [-0.2, 0) is 0 Å². The number of β-amino-alcohol motifs (C(OH)–C–C–N with tert-alkyl or cyclic N) is 1. The molecule has 4 N–H and O–H groups in total. The minimum atomic E-state index is -0.691. The van der Waals surface area contributed by atoms with Crippen LogP contribution < -0.4 is 10.5 Å². The quantitative estimate of drug-likeness (QED) is 0.390. The summed E-state index contributed by atoms with van der Waals surface area (Å²) in [5, 5.41) is 18.7. The van der Waals surface area contributed by atoms with Crippen LogP contribution in [0.25, 0.3) is 33.7 Å². The van der Waals surface area contributed by atoms with E-state index in [2.05, 4.69) is 36.9 Å². The lowest BCUT2D eigenvalue weighted by molar-refractivity contribution is 0.0575. The lowest BCUT2D eigenvalue weighted by Crippen LogP contribution is -2.49. The molecule has 1 fully saturated rings. The molecule has 1 aromatic carbocycles. The molecule has 8 heteroatoms. The van der Waals surface area contributed by atoms with Crippen LogP contribution in [0.15, 0.2) is 53.3 Å². The largest absolute Gasteiger partial charge is 0.394 e. The number of imidazole rings is 1. The van der Waals surface area contributed by atoms with Crippen molar-refractivity contribution >= 4 is 16.7 Å². The van der Waals surface area contributed by atoms with E-state index in [-0.39, 0.29) is 12.2 Å². The number of fused-ring (bicyclic) bond motifs is 2. The van der Waals surface area contributed by atoms with Crippen LogP contribution in [0, 0.1) is 0 Å². The molecule has 0 unspecified atom stereocenters. The molecule has 31 heavy (non-hydrogen) atoms. The highest BCUT2D eigenvalue weighted by Gasteiger charge is 2.21. The van der Waals surface area contributed by atoms with Gasteiger partial charge in [-0.05, 0) is 24.3 Å². The van der Waals surface area contributed by atoms with E-state index >= 15 is 0 Å². The maximum absolute atomic E-state index is 12.6. The van der Waals surface area contributed by atoms with Crippen LogP contribution in [0.4, 0.5) is 5.69 Å². The first-order valence-corrected chi connectivity index (χ1v) is 10.5. The van der Waals surface area contributed by atoms with E-state index in [0.29, 0.717) is 17.9 Å². The number of aliphatic hydroxyl groups excluding tert-OH is 2. The van der Waals surface area contributed by atoms with Gasteiger partial charge in [0.15, 0.2) is 0 Å². The summed E-state index contributed by atoms with van der Waals surface area (Å²) in [6.07, 6.45) is -0.691. The van der Waals surface area contributed by atoms with Crippen LogP contribution in [0.1, 0.15) is 0 Å². The molecule has 5 rings (SSSR count). The van der Waals surface area contributed by atoms with Crippen LogP contribution in [-0.4, -0.2) is 75.5 Å². The summed E-state index contributed by atoms with van der Waals surface area (Å²) in [6, 6.07) is 15.7. The number of aromatic nitrogens is 3. The second-order valence-electron chi connectivity index (χ2n) is 7.98. The Hall–Kier alpha value is -3.20. The van der Waals surface area contributed by atoms with E-state index < -0.39 is 6.10 Å². The summed E-state index contributed by atoms with van der Waals surface area (Å²) in [5.74, 6) is 0.567. The molecule has 8 nitrogen and oxygen atoms in total. The zero-order valence-electron chi connectivity index (χ0n) is 17.1. The predicted octanol–water partition coefficient (Wildman–Crippen LogP) is 1.50. The average molecular weight is 419 g/mol. The Morgan fingerprint density at radius 3 is 2.65 bits per heavy atom. The smallest absolute Gasteiger partial charge is 0.260 e. The number of anilines is 1. The normalized spacial score (nSPS) is 16.3. The highest BCUT2D eigenvalue weighted by molar-refractivity contribution is 5.87. The Balaban J connectivity index is 1.40. The molecule has 2 aliphatic heterocycles. The number of H-pyrrole nitrogens is 2. The Morgan fingerprint density at radius 1 is 1.03 bits per heavy atom. The molecule has 1 saturated heterocycles. The van der Waals surface area contributed by atoms with Gasteiger partial charge in [0.25, 0.3) is 5.56 Å². The van der Waals surface area contributed by atoms with Crippen LogP contribution in [0.2, 0.25) is 0 Å². The summed E-state index contributed by atoms with van der Waals surface area (Å²) >= 11 is 0. The van der Waals surface area contributed by atoms with Gasteiger partial charge in [-0.1, -0.05) is 24.3 Å². The lowest BCUT2D eigenvalue weighted by Gasteiger charge is -2.36. The summed E-state index contributed by atoms with van der Waals surface area (Å²) in [7, 11) is 0. The van der Waals surface area contributed by atoms with Gasteiger partial charge in [-0.15, -0.1) is 0 Å². The molecule has 0 spiro atoms. The topological polar surface area (TPSA) is 108 Å². The number of hydrogen-bond acceptors (Lipinski definition) is 6. The lowest BCUT2D eigenvalue weighted by atomic mass is 10.1. The van der Waals surface area contributed by atoms with Crippen molar-refractivity contribution in [2.75, 3.05) is 44.2 Å². The van der Waals surface area contributed by atoms with Gasteiger partial charge in [0, 0.05) is 49.7 Å². The number of hydrogen-bond donors (Lipinski definition) is 4. The molecule has 0 amide bonds. The molecule has 0 bridgehead atoms. The van der Waals surface area contributed by atoms with Crippen molar-refractivity contribution in [1.82, 2.24) is 19.9 Å². The summed E-state index contributed by atoms with van der Waals surface area (Å²) in [5.41, 5.74) is 4.84. The van der Waals surface area contributed by atoms with Crippen molar-refractivity contribution in [2.45, 2.75) is 6.10 Å². The number of nitrogens with one attached hydrogen (secondary N) is 2.